The number of para-hydroxylation sites is 3. The van der Waals surface area contributed by atoms with Gasteiger partial charge in [0.05, 0.1) is 21.4 Å². The van der Waals surface area contributed by atoms with Crippen molar-refractivity contribution in [3.8, 4) is 27.9 Å². The average Bonchev–Trinajstić information content (AvgIpc) is 3.90. The van der Waals surface area contributed by atoms with Crippen molar-refractivity contribution in [2.45, 2.75) is 19.3 Å². The highest BCUT2D eigenvalue weighted by Gasteiger charge is 2.48. The summed E-state index contributed by atoms with van der Waals surface area (Å²) < 4.78 is 15.1. The van der Waals surface area contributed by atoms with Gasteiger partial charge in [-0.05, 0) is 45.8 Å². The molecule has 3 aliphatic rings. The molecule has 0 bridgehead atoms. The summed E-state index contributed by atoms with van der Waals surface area (Å²) >= 11 is 1.93. The van der Waals surface area contributed by atoms with Crippen molar-refractivity contribution in [3.63, 3.8) is 0 Å². The lowest BCUT2D eigenvalue weighted by Crippen LogP contribution is -2.55. The van der Waals surface area contributed by atoms with Crippen LogP contribution in [0, 0.1) is 0 Å². The highest BCUT2D eigenvalue weighted by molar-refractivity contribution is 7.27. The van der Waals surface area contributed by atoms with Crippen LogP contribution in [0.2, 0.25) is 0 Å². The fraction of sp³-hybridized carbons (Fsp3) is 0.0698. The van der Waals surface area contributed by atoms with Gasteiger partial charge in [-0.15, -0.1) is 11.3 Å². The summed E-state index contributed by atoms with van der Waals surface area (Å²) in [6, 6.07) is 43.0. The first-order valence-electron chi connectivity index (χ1n) is 16.8. The molecule has 2 aliphatic heterocycles. The Bertz CT molecular complexity index is 3170. The summed E-state index contributed by atoms with van der Waals surface area (Å²) in [5, 5.41) is 6.36. The lowest BCUT2D eigenvalue weighted by atomic mass is 9.45. The molecule has 10 aromatic rings. The zero-order valence-electron chi connectivity index (χ0n) is 26.3. The fourth-order valence-corrected chi connectivity index (χ4v) is 11.3. The van der Waals surface area contributed by atoms with Gasteiger partial charge in [-0.3, -0.25) is 0 Å². The standard InChI is InChI=1S/C43H25BN2OS/c1-43(2)30-17-6-3-12-24(30)34-26-15-10-18-31-37(26)45(42(34)43)39-35-28(21-29-22-11-4-7-19-32(22)47-40(29)39)23-14-9-16-27-36(23)46(44(31)35)38-25-13-5-8-20-33(25)48-41(27)38/h3-21H,1-2H3. The number of thiophene rings is 1. The van der Waals surface area contributed by atoms with E-state index < -0.39 is 0 Å². The van der Waals surface area contributed by atoms with Gasteiger partial charge >= 0.3 is 6.85 Å². The first kappa shape index (κ1) is 24.6. The van der Waals surface area contributed by atoms with Crippen molar-refractivity contribution in [2.75, 3.05) is 0 Å². The number of benzene rings is 6. The highest BCUT2D eigenvalue weighted by Crippen LogP contribution is 2.56. The monoisotopic (exact) mass is 628 g/mol. The molecule has 0 spiro atoms. The summed E-state index contributed by atoms with van der Waals surface area (Å²) in [4.78, 5) is 0. The molecule has 0 atom stereocenters. The quantitative estimate of drug-likeness (QED) is 0.153. The van der Waals surface area contributed by atoms with Crippen molar-refractivity contribution < 1.29 is 4.42 Å². The van der Waals surface area contributed by atoms with Crippen LogP contribution in [-0.4, -0.2) is 15.9 Å². The summed E-state index contributed by atoms with van der Waals surface area (Å²) in [6.07, 6.45) is 0. The highest BCUT2D eigenvalue weighted by atomic mass is 32.1. The van der Waals surface area contributed by atoms with E-state index >= 15 is 0 Å². The van der Waals surface area contributed by atoms with Crippen LogP contribution in [0.3, 0.4) is 0 Å². The van der Waals surface area contributed by atoms with E-state index in [0.717, 1.165) is 11.2 Å². The normalized spacial score (nSPS) is 15.0. The van der Waals surface area contributed by atoms with Crippen LogP contribution in [0.4, 0.5) is 0 Å². The molecule has 6 aromatic carbocycles. The summed E-state index contributed by atoms with van der Waals surface area (Å²) in [7, 11) is 0. The predicted octanol–water partition coefficient (Wildman–Crippen LogP) is 10.1. The molecule has 5 heteroatoms. The number of rotatable bonds is 0. The SMILES string of the molecule is CC1(C)c2ccccc2-c2c1n1c3c(cccc23)B2c3c(cc4c(oc5ccccc54)c3-1)-c1cccc3c4sc5ccccc5c4n2c13. The summed E-state index contributed by atoms with van der Waals surface area (Å²) in [5.74, 6) is 0. The molecule has 0 saturated heterocycles. The Morgan fingerprint density at radius 1 is 0.646 bits per heavy atom. The Kier molecular flexibility index (Phi) is 3.99. The topological polar surface area (TPSA) is 23.0 Å². The third-order valence-electron chi connectivity index (χ3n) is 11.8. The lowest BCUT2D eigenvalue weighted by molar-refractivity contribution is 0.620. The predicted molar refractivity (Wildman–Crippen MR) is 202 cm³/mol. The Labute approximate surface area is 279 Å². The Morgan fingerprint density at radius 2 is 1.40 bits per heavy atom. The molecule has 0 N–H and O–H groups in total. The van der Waals surface area contributed by atoms with E-state index in [0.29, 0.717) is 0 Å². The molecule has 6 heterocycles. The number of furan rings is 1. The molecule has 3 nitrogen and oxygen atoms in total. The van der Waals surface area contributed by atoms with Gasteiger partial charge < -0.3 is 13.5 Å². The molecule has 222 valence electrons. The molecule has 0 amide bonds. The van der Waals surface area contributed by atoms with Crippen molar-refractivity contribution >= 4 is 93.2 Å². The molecule has 4 aromatic heterocycles. The maximum absolute atomic E-state index is 7.00. The molecular formula is C43H25BN2OS. The second-order valence-electron chi connectivity index (χ2n) is 14.4. The molecule has 1 aliphatic carbocycles. The van der Waals surface area contributed by atoms with E-state index in [9.17, 15) is 0 Å². The number of hydrogen-bond donors (Lipinski definition) is 0. The maximum atomic E-state index is 7.00. The number of aromatic nitrogens is 2. The minimum Gasteiger partial charge on any atom is -0.454 e. The third-order valence-corrected chi connectivity index (χ3v) is 13.0. The third kappa shape index (κ3) is 2.48. The van der Waals surface area contributed by atoms with E-state index in [-0.39, 0.29) is 12.3 Å². The molecule has 0 fully saturated rings. The van der Waals surface area contributed by atoms with Crippen LogP contribution in [0.25, 0.3) is 92.0 Å². The fourth-order valence-electron chi connectivity index (χ4n) is 10.1. The lowest BCUT2D eigenvalue weighted by Gasteiger charge is -2.35. The second kappa shape index (κ2) is 7.78. The largest absolute Gasteiger partial charge is 0.454 e. The van der Waals surface area contributed by atoms with Crippen molar-refractivity contribution in [1.29, 1.82) is 0 Å². The van der Waals surface area contributed by atoms with Gasteiger partial charge in [-0.25, -0.2) is 0 Å². The van der Waals surface area contributed by atoms with Gasteiger partial charge in [0.2, 0.25) is 0 Å². The molecule has 0 radical (unpaired) electrons. The van der Waals surface area contributed by atoms with Crippen molar-refractivity contribution in [2.24, 2.45) is 0 Å². The van der Waals surface area contributed by atoms with Crippen LogP contribution in [-0.2, 0) is 5.41 Å². The van der Waals surface area contributed by atoms with E-state index in [1.165, 1.54) is 103 Å². The van der Waals surface area contributed by atoms with E-state index in [1.54, 1.807) is 0 Å². The van der Waals surface area contributed by atoms with Crippen molar-refractivity contribution in [3.05, 3.63) is 127 Å². The Balaban J connectivity index is 1.33. The summed E-state index contributed by atoms with van der Waals surface area (Å²) in [6.45, 7) is 4.82. The van der Waals surface area contributed by atoms with Gasteiger partial charge in [0, 0.05) is 59.4 Å². The van der Waals surface area contributed by atoms with Gasteiger partial charge in [0.1, 0.15) is 5.58 Å². The molecular weight excluding hydrogens is 603 g/mol. The van der Waals surface area contributed by atoms with E-state index in [1.807, 2.05) is 11.3 Å². The first-order valence-corrected chi connectivity index (χ1v) is 17.6. The summed E-state index contributed by atoms with van der Waals surface area (Å²) in [5.41, 5.74) is 17.7. The zero-order valence-corrected chi connectivity index (χ0v) is 27.1. The van der Waals surface area contributed by atoms with Crippen LogP contribution < -0.4 is 10.9 Å². The number of hydrogen-bond acceptors (Lipinski definition) is 2. The molecule has 0 unspecified atom stereocenters. The van der Waals surface area contributed by atoms with Gasteiger partial charge in [-0.1, -0.05) is 111 Å². The molecule has 13 rings (SSSR count). The maximum Gasteiger partial charge on any atom is 0.333 e. The molecule has 0 saturated carbocycles. The van der Waals surface area contributed by atoms with Gasteiger partial charge in [-0.2, -0.15) is 0 Å². The minimum atomic E-state index is -0.194. The van der Waals surface area contributed by atoms with Crippen molar-refractivity contribution in [1.82, 2.24) is 9.05 Å². The first-order chi connectivity index (χ1) is 23.6. The van der Waals surface area contributed by atoms with Crippen LogP contribution in [0.5, 0.6) is 0 Å². The number of fused-ring (bicyclic) bond motifs is 18. The van der Waals surface area contributed by atoms with Gasteiger partial charge in [0.15, 0.2) is 5.58 Å². The number of nitrogens with zero attached hydrogens (tertiary/aromatic N) is 2. The zero-order chi connectivity index (χ0) is 31.2. The Hall–Kier alpha value is -5.52. The van der Waals surface area contributed by atoms with Gasteiger partial charge in [0.25, 0.3) is 0 Å². The van der Waals surface area contributed by atoms with E-state index in [4.69, 9.17) is 4.42 Å². The van der Waals surface area contributed by atoms with E-state index in [2.05, 4.69) is 138 Å². The Morgan fingerprint density at radius 3 is 2.33 bits per heavy atom. The van der Waals surface area contributed by atoms with Crippen LogP contribution in [0.1, 0.15) is 25.1 Å². The second-order valence-corrected chi connectivity index (χ2v) is 15.4. The smallest absolute Gasteiger partial charge is 0.333 e. The average molecular weight is 629 g/mol. The van der Waals surface area contributed by atoms with Crippen LogP contribution >= 0.6 is 11.3 Å². The van der Waals surface area contributed by atoms with Crippen LogP contribution in [0.15, 0.2) is 120 Å². The molecule has 48 heavy (non-hydrogen) atoms. The minimum absolute atomic E-state index is 0.00472.